The van der Waals surface area contributed by atoms with Gasteiger partial charge in [0.25, 0.3) is 0 Å². The summed E-state index contributed by atoms with van der Waals surface area (Å²) in [5, 5.41) is 14.3. The highest BCUT2D eigenvalue weighted by Crippen LogP contribution is 2.50. The summed E-state index contributed by atoms with van der Waals surface area (Å²) >= 11 is 0. The number of rotatable bonds is 3. The number of aromatic nitrogens is 2. The monoisotopic (exact) mass is 810 g/mol. The predicted octanol–water partition coefficient (Wildman–Crippen LogP) is 10.4. The van der Waals surface area contributed by atoms with Crippen molar-refractivity contribution < 1.29 is 33.6 Å². The quantitative estimate of drug-likeness (QED) is 0.104. The zero-order chi connectivity index (χ0) is 42.3. The van der Waals surface area contributed by atoms with Gasteiger partial charge in [-0.3, -0.25) is 10.1 Å². The van der Waals surface area contributed by atoms with Gasteiger partial charge in [0.15, 0.2) is 5.75 Å². The topological polar surface area (TPSA) is 166 Å². The van der Waals surface area contributed by atoms with Crippen molar-refractivity contribution in [1.29, 1.82) is 0 Å². The van der Waals surface area contributed by atoms with Crippen LogP contribution in [0.25, 0.3) is 44.3 Å². The van der Waals surface area contributed by atoms with Crippen molar-refractivity contribution in [1.82, 2.24) is 9.13 Å². The maximum Gasteiger partial charge on any atom is 0.373 e. The molecule has 4 aliphatic rings. The maximum atomic E-state index is 11.6. The van der Waals surface area contributed by atoms with Gasteiger partial charge in [-0.05, 0) is 104 Å². The molecule has 2 aromatic heterocycles. The lowest BCUT2D eigenvalue weighted by atomic mass is 9.81. The molecule has 0 radical (unpaired) electrons. The number of nitrogens with zero attached hydrogens (tertiary/aromatic N) is 3. The number of ether oxygens (including phenoxy) is 2. The van der Waals surface area contributed by atoms with Crippen molar-refractivity contribution in [2.24, 2.45) is 0 Å². The van der Waals surface area contributed by atoms with E-state index in [-0.39, 0.29) is 22.9 Å². The summed E-state index contributed by atoms with van der Waals surface area (Å²) in [7, 11) is 0. The van der Waals surface area contributed by atoms with E-state index in [9.17, 15) is 10.1 Å². The normalized spacial score (nSPS) is 15.7. The molecular weight excluding hydrogens is 761 g/mol. The van der Waals surface area contributed by atoms with Gasteiger partial charge in [0.1, 0.15) is 13.2 Å². The molecule has 0 bridgehead atoms. The summed E-state index contributed by atoms with van der Waals surface area (Å²) in [5.41, 5.74) is 19.6. The fourth-order valence-electron chi connectivity index (χ4n) is 10.0. The molecule has 0 unspecified atom stereocenters. The third kappa shape index (κ3) is 8.09. The van der Waals surface area contributed by atoms with Gasteiger partial charge in [0.05, 0.1) is 35.1 Å². The second-order valence-electron chi connectivity index (χ2n) is 16.0. The van der Waals surface area contributed by atoms with Crippen molar-refractivity contribution in [3.05, 3.63) is 105 Å². The van der Waals surface area contributed by atoms with Crippen LogP contribution in [0.2, 0.25) is 0 Å². The second kappa shape index (κ2) is 18.6. The van der Waals surface area contributed by atoms with Crippen LogP contribution in [0.3, 0.4) is 0 Å². The molecule has 12 heteroatoms. The first-order chi connectivity index (χ1) is 29.2. The van der Waals surface area contributed by atoms with Gasteiger partial charge in [-0.2, -0.15) is 19.2 Å². The van der Waals surface area contributed by atoms with E-state index in [2.05, 4.69) is 71.5 Å². The van der Waals surface area contributed by atoms with E-state index in [0.29, 0.717) is 37.3 Å². The molecule has 2 fully saturated rings. The van der Waals surface area contributed by atoms with Crippen LogP contribution in [0.5, 0.6) is 11.5 Å². The minimum Gasteiger partial charge on any atom is -0.489 e. The highest BCUT2D eigenvalue weighted by molar-refractivity contribution is 5.96. The van der Waals surface area contributed by atoms with Gasteiger partial charge < -0.3 is 24.3 Å². The average molecular weight is 811 g/mol. The van der Waals surface area contributed by atoms with Crippen LogP contribution in [0.4, 0.5) is 11.4 Å². The summed E-state index contributed by atoms with van der Waals surface area (Å²) < 4.78 is 16.9. The number of fused-ring (bicyclic) bond motifs is 10. The predicted molar refractivity (Wildman–Crippen MR) is 228 cm³/mol. The summed E-state index contributed by atoms with van der Waals surface area (Å²) in [6.07, 6.45) is 13.3. The molecule has 12 nitrogen and oxygen atoms in total. The first kappa shape index (κ1) is 41.7. The van der Waals surface area contributed by atoms with Gasteiger partial charge in [-0.15, -0.1) is 0 Å². The Bertz CT molecular complexity index is 2590. The van der Waals surface area contributed by atoms with Gasteiger partial charge in [-0.1, -0.05) is 74.9 Å². The lowest BCUT2D eigenvalue weighted by molar-refractivity contribution is -0.385. The molecule has 2 N–H and O–H groups in total. The van der Waals surface area contributed by atoms with Crippen LogP contribution in [0.1, 0.15) is 98.3 Å². The van der Waals surface area contributed by atoms with E-state index in [1.54, 1.807) is 12.1 Å². The van der Waals surface area contributed by atoms with Crippen LogP contribution in [-0.4, -0.2) is 39.6 Å². The molecule has 6 aromatic rings. The Morgan fingerprint density at radius 3 is 1.53 bits per heavy atom. The molecule has 2 saturated carbocycles. The maximum absolute atomic E-state index is 11.6. The molecule has 10 rings (SSSR count). The highest BCUT2D eigenvalue weighted by Gasteiger charge is 2.33. The largest absolute Gasteiger partial charge is 0.489 e. The number of nitro benzene ring substituents is 1. The minimum atomic E-state index is -0.332. The molecule has 0 amide bonds. The minimum absolute atomic E-state index is 0.0574. The van der Waals surface area contributed by atoms with Crippen molar-refractivity contribution in [3.63, 3.8) is 0 Å². The third-order valence-corrected chi connectivity index (χ3v) is 12.4. The Kier molecular flexibility index (Phi) is 12.9. The van der Waals surface area contributed by atoms with Gasteiger partial charge in [-0.25, -0.2) is 0 Å². The number of para-hydroxylation sites is 2. The van der Waals surface area contributed by atoms with Crippen molar-refractivity contribution in [2.45, 2.75) is 103 Å². The molecule has 0 atom stereocenters. The first-order valence-corrected chi connectivity index (χ1v) is 20.9. The Hall–Kier alpha value is -6.48. The number of nitrogens with two attached hydrogens (primary N) is 1. The molecule has 0 saturated heterocycles. The van der Waals surface area contributed by atoms with Crippen molar-refractivity contribution in [2.75, 3.05) is 18.9 Å². The SMILES string of the molecule is Cc1ccc2c(C3CCCCC3)c3n(c2c1)CCOc1c(N)cccc1-3.Cc1ccc2c(C3CCCCC3)c3n(c2c1)CCOc1c-3cccc1[N+](=O)[O-].O=C=O.O=C=O. The zero-order valence-electron chi connectivity index (χ0n) is 34.2. The number of hydrogen-bond donors (Lipinski definition) is 1. The summed E-state index contributed by atoms with van der Waals surface area (Å²) in [6.45, 7) is 6.97. The number of nitro groups is 1. The number of carbonyl (C=O) groups excluding carboxylic acids is 4. The Morgan fingerprint density at radius 2 is 1.07 bits per heavy atom. The lowest BCUT2D eigenvalue weighted by Gasteiger charge is -2.23. The second-order valence-corrected chi connectivity index (χ2v) is 16.0. The smallest absolute Gasteiger partial charge is 0.373 e. The van der Waals surface area contributed by atoms with E-state index in [0.717, 1.165) is 34.8 Å². The van der Waals surface area contributed by atoms with Crippen LogP contribution in [0.15, 0.2) is 72.8 Å². The lowest BCUT2D eigenvalue weighted by Crippen LogP contribution is -2.07. The fourth-order valence-corrected chi connectivity index (χ4v) is 10.0. The van der Waals surface area contributed by atoms with Gasteiger partial charge in [0.2, 0.25) is 5.75 Å². The number of hydrogen-bond acceptors (Lipinski definition) is 9. The van der Waals surface area contributed by atoms with E-state index >= 15 is 0 Å². The summed E-state index contributed by atoms with van der Waals surface area (Å²) in [4.78, 5) is 43.8. The van der Waals surface area contributed by atoms with E-state index in [4.69, 9.17) is 34.4 Å². The molecule has 60 heavy (non-hydrogen) atoms. The van der Waals surface area contributed by atoms with E-state index in [1.807, 2.05) is 12.1 Å². The fraction of sp³-hybridized carbons (Fsp3) is 0.375. The number of aryl methyl sites for hydroxylation is 2. The Balaban J connectivity index is 0.000000161. The van der Waals surface area contributed by atoms with Crippen LogP contribution >= 0.6 is 0 Å². The highest BCUT2D eigenvalue weighted by atomic mass is 16.6. The number of nitrogen functional groups attached to an aromatic ring is 1. The van der Waals surface area contributed by atoms with Gasteiger partial charge in [0, 0.05) is 39.0 Å². The van der Waals surface area contributed by atoms with Gasteiger partial charge >= 0.3 is 18.0 Å². The van der Waals surface area contributed by atoms with Crippen LogP contribution in [0, 0.1) is 24.0 Å². The summed E-state index contributed by atoms with van der Waals surface area (Å²) in [5.74, 6) is 2.42. The van der Waals surface area contributed by atoms with Crippen LogP contribution in [-0.2, 0) is 32.3 Å². The molecule has 4 heterocycles. The molecular formula is C48H50N4O8. The van der Waals surface area contributed by atoms with Crippen molar-refractivity contribution in [3.8, 4) is 34.0 Å². The molecule has 2 aliphatic heterocycles. The summed E-state index contributed by atoms with van der Waals surface area (Å²) in [6, 6.07) is 25.1. The zero-order valence-corrected chi connectivity index (χ0v) is 34.2. The Morgan fingerprint density at radius 1 is 0.633 bits per heavy atom. The average Bonchev–Trinajstić information content (AvgIpc) is 3.55. The number of benzene rings is 4. The first-order valence-electron chi connectivity index (χ1n) is 20.9. The standard InChI is InChI=1S/C23H24N2O3.C23H26N2O.2CO2/c1-15-10-11-17-20(14-15)24-12-13-28-23-18(8-5-9-19(23)25(26)27)22(24)21(17)16-6-3-2-4-7-16;1-15-10-11-17-20(14-15)25-12-13-26-23-18(8-5-9-19(23)24)22(25)21(17)16-6-3-2-4-7-16;2*2-1-3/h5,8-11,14,16H,2-4,6-7,12-13H2,1H3;5,8-11,14,16H,2-4,6-7,12-13,24H2,1H3;;. The Labute approximate surface area is 348 Å². The molecule has 4 aromatic carbocycles. The van der Waals surface area contributed by atoms with Crippen LogP contribution < -0.4 is 15.2 Å². The molecule has 2 aliphatic carbocycles. The van der Waals surface area contributed by atoms with Crippen molar-refractivity contribution >= 4 is 45.5 Å². The number of anilines is 1. The third-order valence-electron chi connectivity index (χ3n) is 12.4. The molecule has 310 valence electrons. The molecule has 0 spiro atoms. The van der Waals surface area contributed by atoms with E-state index < -0.39 is 0 Å². The van der Waals surface area contributed by atoms with E-state index in [1.165, 1.54) is 114 Å².